The summed E-state index contributed by atoms with van der Waals surface area (Å²) in [5.74, 6) is -0.485. The van der Waals surface area contributed by atoms with E-state index in [0.717, 1.165) is 16.9 Å². The second-order valence-corrected chi connectivity index (χ2v) is 7.41. The van der Waals surface area contributed by atoms with Crippen LogP contribution < -0.4 is 10.1 Å². The Labute approximate surface area is 193 Å². The normalized spacial score (nSPS) is 11.8. The zero-order chi connectivity index (χ0) is 24.1. The molecule has 9 heteroatoms. The maximum atomic E-state index is 12.8. The quantitative estimate of drug-likeness (QED) is 0.367. The summed E-state index contributed by atoms with van der Waals surface area (Å²) in [5.41, 5.74) is 4.20. The molecule has 0 saturated carbocycles. The fourth-order valence-electron chi connectivity index (χ4n) is 3.40. The minimum atomic E-state index is -4.72. The van der Waals surface area contributed by atoms with Crippen molar-refractivity contribution in [2.24, 2.45) is 4.99 Å². The van der Waals surface area contributed by atoms with Crippen molar-refractivity contribution in [2.45, 2.75) is 26.3 Å². The number of ether oxygens (including phenoxy) is 1. The molecule has 0 aliphatic rings. The Balaban J connectivity index is 1.37. The van der Waals surface area contributed by atoms with Crippen LogP contribution in [0.5, 0.6) is 5.75 Å². The van der Waals surface area contributed by atoms with Gasteiger partial charge in [0.05, 0.1) is 11.4 Å². The molecular weight excluding hydrogens is 445 g/mol. The van der Waals surface area contributed by atoms with Gasteiger partial charge < -0.3 is 10.1 Å². The summed E-state index contributed by atoms with van der Waals surface area (Å²) in [6.07, 6.45) is -0.706. The number of pyridine rings is 1. The van der Waals surface area contributed by atoms with E-state index in [9.17, 15) is 18.0 Å². The van der Waals surface area contributed by atoms with Crippen molar-refractivity contribution in [3.05, 3.63) is 95.4 Å². The first-order valence-corrected chi connectivity index (χ1v) is 10.6. The van der Waals surface area contributed by atoms with Crippen LogP contribution in [0, 0.1) is 0 Å². The van der Waals surface area contributed by atoms with E-state index < -0.39 is 6.36 Å². The van der Waals surface area contributed by atoms with E-state index in [0.29, 0.717) is 29.9 Å². The number of imidazole rings is 1. The third-order valence-corrected chi connectivity index (χ3v) is 5.02. The molecule has 0 spiro atoms. The van der Waals surface area contributed by atoms with E-state index in [1.165, 1.54) is 24.3 Å². The first-order chi connectivity index (χ1) is 16.3. The van der Waals surface area contributed by atoms with Gasteiger partial charge in [-0.2, -0.15) is 0 Å². The average Bonchev–Trinajstić information content (AvgIpc) is 3.21. The van der Waals surface area contributed by atoms with Crippen molar-refractivity contribution in [1.82, 2.24) is 14.7 Å². The molecule has 1 N–H and O–H groups in total. The van der Waals surface area contributed by atoms with Crippen LogP contribution in [-0.4, -0.2) is 27.9 Å². The molecule has 2 aromatic carbocycles. The van der Waals surface area contributed by atoms with E-state index in [1.807, 2.05) is 43.5 Å². The summed E-state index contributed by atoms with van der Waals surface area (Å²) in [7, 11) is 0. The summed E-state index contributed by atoms with van der Waals surface area (Å²) in [6, 6.07) is 18.3. The maximum Gasteiger partial charge on any atom is 0.573 e. The van der Waals surface area contributed by atoms with Crippen molar-refractivity contribution >= 4 is 23.5 Å². The Bertz CT molecular complexity index is 1310. The lowest BCUT2D eigenvalue weighted by Crippen LogP contribution is -2.25. The van der Waals surface area contributed by atoms with Crippen molar-refractivity contribution in [2.75, 3.05) is 0 Å². The van der Waals surface area contributed by atoms with Gasteiger partial charge in [0.15, 0.2) is 0 Å². The highest BCUT2D eigenvalue weighted by Gasteiger charge is 2.30. The number of halogens is 3. The topological polar surface area (TPSA) is 68.0 Å². The van der Waals surface area contributed by atoms with Crippen molar-refractivity contribution < 1.29 is 22.7 Å². The molecule has 4 aromatic rings. The lowest BCUT2D eigenvalue weighted by atomic mass is 10.2. The molecule has 2 heterocycles. The number of aliphatic imine (C=N–C) groups is 1. The largest absolute Gasteiger partial charge is 0.573 e. The zero-order valence-electron chi connectivity index (χ0n) is 18.2. The molecule has 174 valence electrons. The minimum Gasteiger partial charge on any atom is -0.406 e. The smallest absolute Gasteiger partial charge is 0.406 e. The number of aromatic nitrogens is 2. The van der Waals surface area contributed by atoms with Gasteiger partial charge in [-0.3, -0.25) is 14.2 Å². The lowest BCUT2D eigenvalue weighted by molar-refractivity contribution is -0.274. The number of alkyl halides is 3. The number of hydrogen-bond acceptors (Lipinski definition) is 4. The standard InChI is InChI=1S/C25H21F3N4O2/c1-2-21-23(32-14-4-3-5-22(32)31-21)24(33)30-16-17-6-10-19(11-7-17)29-15-18-8-12-20(13-9-18)34-25(26,27)28/h3-15H,2,16H2,1H3,(H,30,33)/b29-15+. The Hall–Kier alpha value is -4.14. The number of aryl methyl sites for hydroxylation is 1. The molecule has 0 unspecified atom stereocenters. The Morgan fingerprint density at radius 3 is 2.50 bits per heavy atom. The van der Waals surface area contributed by atoms with Gasteiger partial charge >= 0.3 is 6.36 Å². The Morgan fingerprint density at radius 2 is 1.82 bits per heavy atom. The summed E-state index contributed by atoms with van der Waals surface area (Å²) in [5, 5.41) is 2.94. The first kappa shape index (κ1) is 23.0. The van der Waals surface area contributed by atoms with Gasteiger partial charge in [-0.1, -0.05) is 25.1 Å². The first-order valence-electron chi connectivity index (χ1n) is 10.6. The molecule has 34 heavy (non-hydrogen) atoms. The SMILES string of the molecule is CCc1nc2ccccn2c1C(=O)NCc1ccc(/N=C/c2ccc(OC(F)(F)F)cc2)cc1. The molecule has 1 amide bonds. The van der Waals surface area contributed by atoms with E-state index >= 15 is 0 Å². The highest BCUT2D eigenvalue weighted by atomic mass is 19.4. The van der Waals surface area contributed by atoms with Crippen LogP contribution in [0.25, 0.3) is 5.65 Å². The zero-order valence-corrected chi connectivity index (χ0v) is 18.2. The summed E-state index contributed by atoms with van der Waals surface area (Å²) in [4.78, 5) is 21.7. The molecule has 0 radical (unpaired) electrons. The molecule has 0 atom stereocenters. The number of benzene rings is 2. The molecule has 0 fully saturated rings. The second-order valence-electron chi connectivity index (χ2n) is 7.41. The Kier molecular flexibility index (Phi) is 6.62. The van der Waals surface area contributed by atoms with Gasteiger partial charge in [-0.15, -0.1) is 13.2 Å². The van der Waals surface area contributed by atoms with Crippen LogP contribution in [0.2, 0.25) is 0 Å². The lowest BCUT2D eigenvalue weighted by Gasteiger charge is -2.08. The molecule has 4 rings (SSSR count). The van der Waals surface area contributed by atoms with Crippen LogP contribution in [0.15, 0.2) is 77.9 Å². The van der Waals surface area contributed by atoms with Gasteiger partial charge in [0.1, 0.15) is 17.1 Å². The number of hydrogen-bond donors (Lipinski definition) is 1. The van der Waals surface area contributed by atoms with Crippen molar-refractivity contribution in [3.63, 3.8) is 0 Å². The van der Waals surface area contributed by atoms with E-state index in [-0.39, 0.29) is 11.7 Å². The van der Waals surface area contributed by atoms with Crippen LogP contribution >= 0.6 is 0 Å². The highest BCUT2D eigenvalue weighted by molar-refractivity contribution is 5.94. The van der Waals surface area contributed by atoms with Crippen LogP contribution in [0.3, 0.4) is 0 Å². The van der Waals surface area contributed by atoms with Crippen LogP contribution in [-0.2, 0) is 13.0 Å². The van der Waals surface area contributed by atoms with Gasteiger partial charge in [-0.25, -0.2) is 4.98 Å². The second kappa shape index (κ2) is 9.78. The third kappa shape index (κ3) is 5.61. The monoisotopic (exact) mass is 466 g/mol. The number of fused-ring (bicyclic) bond motifs is 1. The number of amides is 1. The molecule has 0 bridgehead atoms. The van der Waals surface area contributed by atoms with Gasteiger partial charge in [-0.05, 0) is 66.1 Å². The van der Waals surface area contributed by atoms with Gasteiger partial charge in [0.25, 0.3) is 5.91 Å². The molecule has 0 saturated heterocycles. The molecule has 0 aliphatic heterocycles. The fourth-order valence-corrected chi connectivity index (χ4v) is 3.40. The third-order valence-electron chi connectivity index (χ3n) is 5.02. The molecule has 0 aliphatic carbocycles. The summed E-state index contributed by atoms with van der Waals surface area (Å²) < 4.78 is 42.3. The maximum absolute atomic E-state index is 12.8. The van der Waals surface area contributed by atoms with E-state index in [4.69, 9.17) is 0 Å². The number of carbonyl (C=O) groups is 1. The highest BCUT2D eigenvalue weighted by Crippen LogP contribution is 2.23. The number of rotatable bonds is 7. The predicted octanol–water partition coefficient (Wildman–Crippen LogP) is 5.48. The summed E-state index contributed by atoms with van der Waals surface area (Å²) >= 11 is 0. The molecule has 6 nitrogen and oxygen atoms in total. The molecule has 2 aromatic heterocycles. The average molecular weight is 466 g/mol. The fraction of sp³-hybridized carbons (Fsp3) is 0.160. The predicted molar refractivity (Wildman–Crippen MR) is 123 cm³/mol. The number of nitrogens with one attached hydrogen (secondary N) is 1. The number of carbonyl (C=O) groups excluding carboxylic acids is 1. The van der Waals surface area contributed by atoms with Gasteiger partial charge in [0, 0.05) is 19.0 Å². The minimum absolute atomic E-state index is 0.199. The number of nitrogens with zero attached hydrogens (tertiary/aromatic N) is 3. The van der Waals surface area contributed by atoms with E-state index in [1.54, 1.807) is 22.7 Å². The van der Waals surface area contributed by atoms with Crippen LogP contribution in [0.1, 0.15) is 34.2 Å². The van der Waals surface area contributed by atoms with Gasteiger partial charge in [0.2, 0.25) is 0 Å². The van der Waals surface area contributed by atoms with Crippen molar-refractivity contribution in [1.29, 1.82) is 0 Å². The van der Waals surface area contributed by atoms with E-state index in [2.05, 4.69) is 20.0 Å². The van der Waals surface area contributed by atoms with Crippen molar-refractivity contribution in [3.8, 4) is 5.75 Å². The Morgan fingerprint density at radius 1 is 1.09 bits per heavy atom. The van der Waals surface area contributed by atoms with Crippen LogP contribution in [0.4, 0.5) is 18.9 Å². The summed E-state index contributed by atoms with van der Waals surface area (Å²) in [6.45, 7) is 2.30. The molecular formula is C25H21F3N4O2.